The summed E-state index contributed by atoms with van der Waals surface area (Å²) in [5.74, 6) is -4.29. The van der Waals surface area contributed by atoms with Crippen LogP contribution in [0.5, 0.6) is 5.75 Å². The maximum atomic E-state index is 13.7. The molecule has 0 spiro atoms. The number of anilines is 3. The molecule has 3 amide bonds. The van der Waals surface area contributed by atoms with Gasteiger partial charge in [-0.1, -0.05) is 45.4 Å². The van der Waals surface area contributed by atoms with Crippen LogP contribution < -0.4 is 30.7 Å². The van der Waals surface area contributed by atoms with Crippen molar-refractivity contribution in [1.82, 2.24) is 15.2 Å². The van der Waals surface area contributed by atoms with Gasteiger partial charge >= 0.3 is 0 Å². The Morgan fingerprint density at radius 3 is 2.28 bits per heavy atom. The fourth-order valence-electron chi connectivity index (χ4n) is 8.76. The van der Waals surface area contributed by atoms with Crippen molar-refractivity contribution in [3.63, 3.8) is 0 Å². The van der Waals surface area contributed by atoms with Crippen molar-refractivity contribution in [3.8, 4) is 11.8 Å². The average Bonchev–Trinajstić information content (AvgIpc) is 3.44. The quantitative estimate of drug-likeness (QED) is 0.141. The predicted molar refractivity (Wildman–Crippen MR) is 217 cm³/mol. The van der Waals surface area contributed by atoms with Gasteiger partial charge in [0.1, 0.15) is 23.6 Å². The Labute approximate surface area is 339 Å². The number of piperazine rings is 1. The monoisotopic (exact) mass is 811 g/mol. The molecule has 0 radical (unpaired) electrons. The van der Waals surface area contributed by atoms with Crippen LogP contribution in [0.1, 0.15) is 77.0 Å². The van der Waals surface area contributed by atoms with Crippen LogP contribution in [0.15, 0.2) is 77.6 Å². The molecule has 15 heteroatoms. The van der Waals surface area contributed by atoms with Crippen molar-refractivity contribution in [1.29, 1.82) is 5.26 Å². The third-order valence-corrected chi connectivity index (χ3v) is 11.9. The number of pyridine rings is 1. The van der Waals surface area contributed by atoms with Crippen molar-refractivity contribution in [2.24, 2.45) is 10.8 Å². The molecule has 1 aliphatic carbocycles. The van der Waals surface area contributed by atoms with E-state index in [2.05, 4.69) is 59.2 Å². The Bertz CT molecular complexity index is 2360. The number of hydrogen-bond donors (Lipinski definition) is 3. The average molecular weight is 812 g/mol. The van der Waals surface area contributed by atoms with Crippen LogP contribution in [-0.4, -0.2) is 79.0 Å². The SMILES string of the molecule is CC(F)(F)c1ccc(N2C(=O)c3cccc(NCCN4CCN(c5ccc(C(=O)NC6C(C)(C)C(Oc7ccc(C#N)c(Cl)c7)C6(C)C)cc5)CC4)c3C2=O)c(=O)[nH]1. The minimum absolute atomic E-state index is 0.123. The van der Waals surface area contributed by atoms with E-state index in [0.29, 0.717) is 47.6 Å². The number of imide groups is 1. The van der Waals surface area contributed by atoms with Crippen molar-refractivity contribution in [3.05, 3.63) is 116 Å². The Morgan fingerprint density at radius 2 is 1.66 bits per heavy atom. The highest BCUT2D eigenvalue weighted by Gasteiger charge is 2.64. The van der Waals surface area contributed by atoms with Crippen molar-refractivity contribution in [2.45, 2.75) is 52.7 Å². The summed E-state index contributed by atoms with van der Waals surface area (Å²) in [6, 6.07) is 21.4. The van der Waals surface area contributed by atoms with Crippen LogP contribution >= 0.6 is 11.6 Å². The lowest BCUT2D eigenvalue weighted by atomic mass is 9.49. The molecule has 4 aromatic rings. The second-order valence-electron chi connectivity index (χ2n) is 16.3. The van der Waals surface area contributed by atoms with Gasteiger partial charge in [-0.25, -0.2) is 13.7 Å². The Hall–Kier alpha value is -5.78. The van der Waals surface area contributed by atoms with Gasteiger partial charge in [0.05, 0.1) is 27.4 Å². The number of amides is 3. The van der Waals surface area contributed by atoms with Crippen LogP contribution in [0.4, 0.5) is 25.8 Å². The topological polar surface area (TPSA) is 151 Å². The summed E-state index contributed by atoms with van der Waals surface area (Å²) in [5, 5.41) is 16.0. The molecule has 1 saturated heterocycles. The van der Waals surface area contributed by atoms with Crippen molar-refractivity contribution in [2.75, 3.05) is 54.4 Å². The first-order valence-corrected chi connectivity index (χ1v) is 19.4. The molecule has 3 heterocycles. The second kappa shape index (κ2) is 15.2. The maximum absolute atomic E-state index is 13.7. The number of carbonyl (C=O) groups excluding carboxylic acids is 3. The molecule has 2 fully saturated rings. The van der Waals surface area contributed by atoms with Gasteiger partial charge in [0, 0.05) is 86.1 Å². The zero-order valence-corrected chi connectivity index (χ0v) is 33.5. The molecule has 1 saturated carbocycles. The number of nitriles is 1. The number of halogens is 3. The molecule has 2 aliphatic heterocycles. The first-order valence-electron chi connectivity index (χ1n) is 19.0. The van der Waals surface area contributed by atoms with Gasteiger partial charge < -0.3 is 25.3 Å². The van der Waals surface area contributed by atoms with E-state index in [-0.39, 0.29) is 45.7 Å². The normalized spacial score (nSPS) is 19.9. The summed E-state index contributed by atoms with van der Waals surface area (Å²) < 4.78 is 33.9. The Morgan fingerprint density at radius 1 is 0.966 bits per heavy atom. The van der Waals surface area contributed by atoms with Crippen LogP contribution in [0.25, 0.3) is 0 Å². The molecule has 7 rings (SSSR count). The van der Waals surface area contributed by atoms with Gasteiger partial charge in [-0.05, 0) is 60.7 Å². The second-order valence-corrected chi connectivity index (χ2v) is 16.7. The Kier molecular flexibility index (Phi) is 10.6. The van der Waals surface area contributed by atoms with E-state index in [0.717, 1.165) is 48.9 Å². The molecule has 302 valence electrons. The third kappa shape index (κ3) is 7.40. The van der Waals surface area contributed by atoms with Gasteiger partial charge in [-0.2, -0.15) is 5.26 Å². The minimum Gasteiger partial charge on any atom is -0.489 e. The van der Waals surface area contributed by atoms with E-state index >= 15 is 0 Å². The van der Waals surface area contributed by atoms with Gasteiger partial charge in [0.2, 0.25) is 0 Å². The van der Waals surface area contributed by atoms with E-state index in [1.54, 1.807) is 30.3 Å². The van der Waals surface area contributed by atoms with Gasteiger partial charge in [-0.15, -0.1) is 0 Å². The highest BCUT2D eigenvalue weighted by Crippen LogP contribution is 2.55. The maximum Gasteiger partial charge on any atom is 0.284 e. The lowest BCUT2D eigenvalue weighted by molar-refractivity contribution is -0.164. The number of H-pyrrole nitrogens is 1. The number of benzene rings is 3. The summed E-state index contributed by atoms with van der Waals surface area (Å²) in [7, 11) is 0. The van der Waals surface area contributed by atoms with Crippen molar-refractivity contribution >= 4 is 46.4 Å². The van der Waals surface area contributed by atoms with Crippen molar-refractivity contribution < 1.29 is 27.9 Å². The van der Waals surface area contributed by atoms with E-state index in [9.17, 15) is 33.2 Å². The lowest BCUT2D eigenvalue weighted by Crippen LogP contribution is -2.74. The van der Waals surface area contributed by atoms with Crippen LogP contribution in [0.2, 0.25) is 5.02 Å². The van der Waals surface area contributed by atoms with E-state index < -0.39 is 29.0 Å². The van der Waals surface area contributed by atoms with Gasteiger partial charge in [0.25, 0.3) is 29.2 Å². The number of hydrogen-bond acceptors (Lipinski definition) is 9. The molecule has 3 N–H and O–H groups in total. The predicted octanol–water partition coefficient (Wildman–Crippen LogP) is 6.66. The molecular weight excluding hydrogens is 768 g/mol. The zero-order valence-electron chi connectivity index (χ0n) is 32.8. The number of alkyl halides is 2. The number of aromatic nitrogens is 1. The summed E-state index contributed by atoms with van der Waals surface area (Å²) >= 11 is 6.23. The van der Waals surface area contributed by atoms with E-state index in [1.165, 1.54) is 6.07 Å². The summed E-state index contributed by atoms with van der Waals surface area (Å²) in [6.45, 7) is 13.1. The molecule has 0 atom stereocenters. The smallest absolute Gasteiger partial charge is 0.284 e. The molecule has 0 unspecified atom stereocenters. The third-order valence-electron chi connectivity index (χ3n) is 11.6. The number of carbonyl (C=O) groups is 3. The fourth-order valence-corrected chi connectivity index (χ4v) is 8.97. The number of aromatic amines is 1. The Balaban J connectivity index is 0.899. The lowest BCUT2D eigenvalue weighted by Gasteiger charge is -2.63. The number of fused-ring (bicyclic) bond motifs is 1. The minimum atomic E-state index is -3.30. The highest BCUT2D eigenvalue weighted by molar-refractivity contribution is 6.36. The molecule has 1 aromatic heterocycles. The molecule has 58 heavy (non-hydrogen) atoms. The summed E-state index contributed by atoms with van der Waals surface area (Å²) in [5.41, 5.74) is -0.0278. The van der Waals surface area contributed by atoms with Crippen LogP contribution in [-0.2, 0) is 5.92 Å². The number of rotatable bonds is 11. The molecule has 12 nitrogen and oxygen atoms in total. The first-order chi connectivity index (χ1) is 27.4. The number of nitrogens with one attached hydrogen (secondary N) is 3. The van der Waals surface area contributed by atoms with Crippen LogP contribution in [0.3, 0.4) is 0 Å². The summed E-state index contributed by atoms with van der Waals surface area (Å²) in [4.78, 5) is 60.2. The zero-order chi connectivity index (χ0) is 41.7. The molecular formula is C43H44ClF2N7O5. The standard InChI is InChI=1S/C43H44ClF2N7O5/c1-41(2)39(42(3,4)40(41)58-28-14-11-26(24-47)30(44)23-28)50-35(54)25-9-12-27(13-10-25)52-21-19-51(20-22-52)18-17-48-31-8-6-7-29-34(31)38(57)53(37(29)56)32-15-16-33(43(5,45)46)49-36(32)55/h6-16,23,39-40,48H,17-22H2,1-5H3,(H,49,55)(H,50,54). The van der Waals surface area contributed by atoms with E-state index in [4.69, 9.17) is 16.3 Å². The number of nitrogens with zero attached hydrogens (tertiary/aromatic N) is 4. The van der Waals surface area contributed by atoms with Gasteiger partial charge in [-0.3, -0.25) is 24.1 Å². The first kappa shape index (κ1) is 40.4. The number of ether oxygens (including phenoxy) is 1. The molecule has 3 aromatic carbocycles. The largest absolute Gasteiger partial charge is 0.489 e. The molecule has 3 aliphatic rings. The van der Waals surface area contributed by atoms with Crippen LogP contribution in [0, 0.1) is 22.2 Å². The highest BCUT2D eigenvalue weighted by atomic mass is 35.5. The van der Waals surface area contributed by atoms with E-state index in [1.807, 2.05) is 24.3 Å². The molecule has 0 bridgehead atoms. The summed E-state index contributed by atoms with van der Waals surface area (Å²) in [6.07, 6.45) is -0.211. The van der Waals surface area contributed by atoms with Gasteiger partial charge in [0.15, 0.2) is 0 Å². The fraction of sp³-hybridized carbons (Fsp3) is 0.372.